The van der Waals surface area contributed by atoms with E-state index in [0.29, 0.717) is 18.4 Å². The van der Waals surface area contributed by atoms with Crippen molar-refractivity contribution in [2.45, 2.75) is 40.5 Å². The number of aliphatic hydroxyl groups excluding tert-OH is 1. The van der Waals surface area contributed by atoms with Gasteiger partial charge in [-0.25, -0.2) is 0 Å². The van der Waals surface area contributed by atoms with Crippen molar-refractivity contribution >= 4 is 17.3 Å². The molecule has 0 spiro atoms. The van der Waals surface area contributed by atoms with E-state index in [1.165, 1.54) is 0 Å². The maximum Gasteiger partial charge on any atom is 0.169 e. The van der Waals surface area contributed by atoms with E-state index >= 15 is 0 Å². The van der Waals surface area contributed by atoms with Crippen molar-refractivity contribution in [2.75, 3.05) is 26.2 Å². The molecule has 0 bridgehead atoms. The number of hydrogen-bond acceptors (Lipinski definition) is 2. The van der Waals surface area contributed by atoms with Crippen LogP contribution in [0.3, 0.4) is 0 Å². The molecular formula is C13H28N2OS. The summed E-state index contributed by atoms with van der Waals surface area (Å²) in [6.07, 6.45) is 2.23. The second kappa shape index (κ2) is 9.66. The summed E-state index contributed by atoms with van der Waals surface area (Å²) in [4.78, 5) is 2.07. The van der Waals surface area contributed by atoms with E-state index in [1.807, 2.05) is 0 Å². The van der Waals surface area contributed by atoms with Crippen molar-refractivity contribution in [1.29, 1.82) is 0 Å². The number of thiocarbonyl (C=S) groups is 1. The standard InChI is InChI=1S/C13H28N2OS/c1-11(2)5-7-14-13(17)15(9-10-16)8-6-12(3)4/h11-12,16H,5-10H2,1-4H3,(H,14,17). The number of nitrogens with zero attached hydrogens (tertiary/aromatic N) is 1. The Balaban J connectivity index is 3.96. The molecule has 0 rings (SSSR count). The highest BCUT2D eigenvalue weighted by Gasteiger charge is 2.09. The first-order chi connectivity index (χ1) is 7.97. The Morgan fingerprint density at radius 2 is 1.71 bits per heavy atom. The highest BCUT2D eigenvalue weighted by molar-refractivity contribution is 7.80. The van der Waals surface area contributed by atoms with Crippen molar-refractivity contribution in [3.8, 4) is 0 Å². The monoisotopic (exact) mass is 260 g/mol. The predicted molar refractivity (Wildman–Crippen MR) is 78.2 cm³/mol. The molecule has 0 aliphatic rings. The van der Waals surface area contributed by atoms with Crippen molar-refractivity contribution in [3.63, 3.8) is 0 Å². The summed E-state index contributed by atoms with van der Waals surface area (Å²) in [6.45, 7) is 11.4. The minimum absolute atomic E-state index is 0.157. The third kappa shape index (κ3) is 9.36. The van der Waals surface area contributed by atoms with E-state index in [-0.39, 0.29) is 6.61 Å². The Morgan fingerprint density at radius 3 is 2.18 bits per heavy atom. The summed E-state index contributed by atoms with van der Waals surface area (Å²) in [6, 6.07) is 0. The van der Waals surface area contributed by atoms with E-state index < -0.39 is 0 Å². The summed E-state index contributed by atoms with van der Waals surface area (Å²) in [5.74, 6) is 1.35. The molecule has 2 N–H and O–H groups in total. The lowest BCUT2D eigenvalue weighted by molar-refractivity contribution is 0.243. The molecule has 0 unspecified atom stereocenters. The largest absolute Gasteiger partial charge is 0.395 e. The van der Waals surface area contributed by atoms with Crippen LogP contribution in [0.15, 0.2) is 0 Å². The molecule has 0 amide bonds. The Kier molecular flexibility index (Phi) is 9.46. The number of rotatable bonds is 8. The van der Waals surface area contributed by atoms with Crippen LogP contribution in [0, 0.1) is 11.8 Å². The molecule has 0 saturated carbocycles. The molecule has 0 fully saturated rings. The first-order valence-corrected chi connectivity index (χ1v) is 7.01. The number of hydrogen-bond donors (Lipinski definition) is 2. The van der Waals surface area contributed by atoms with Crippen LogP contribution in [0.1, 0.15) is 40.5 Å². The molecule has 0 aromatic heterocycles. The number of nitrogens with one attached hydrogen (secondary N) is 1. The topological polar surface area (TPSA) is 35.5 Å². The van der Waals surface area contributed by atoms with Crippen molar-refractivity contribution in [3.05, 3.63) is 0 Å². The summed E-state index contributed by atoms with van der Waals surface area (Å²) in [7, 11) is 0. The van der Waals surface area contributed by atoms with Gasteiger partial charge in [-0.05, 0) is 36.9 Å². The third-order valence-electron chi connectivity index (χ3n) is 2.63. The molecule has 4 heteroatoms. The second-order valence-electron chi connectivity index (χ2n) is 5.31. The van der Waals surface area contributed by atoms with Crippen LogP contribution >= 0.6 is 12.2 Å². The quantitative estimate of drug-likeness (QED) is 0.656. The van der Waals surface area contributed by atoms with Crippen LogP contribution in [0.4, 0.5) is 0 Å². The van der Waals surface area contributed by atoms with E-state index in [9.17, 15) is 0 Å². The summed E-state index contributed by atoms with van der Waals surface area (Å²) < 4.78 is 0. The van der Waals surface area contributed by atoms with Gasteiger partial charge in [0.15, 0.2) is 5.11 Å². The number of aliphatic hydroxyl groups is 1. The van der Waals surface area contributed by atoms with Crippen LogP contribution < -0.4 is 5.32 Å². The zero-order valence-corrected chi connectivity index (χ0v) is 12.5. The zero-order chi connectivity index (χ0) is 13.3. The van der Waals surface area contributed by atoms with Crippen LogP contribution in [-0.4, -0.2) is 41.4 Å². The molecule has 0 aromatic rings. The highest BCUT2D eigenvalue weighted by Crippen LogP contribution is 2.03. The second-order valence-corrected chi connectivity index (χ2v) is 5.69. The van der Waals surface area contributed by atoms with Gasteiger partial charge in [-0.1, -0.05) is 27.7 Å². The van der Waals surface area contributed by atoms with E-state index in [0.717, 1.165) is 31.0 Å². The van der Waals surface area contributed by atoms with E-state index in [4.69, 9.17) is 17.3 Å². The normalized spacial score (nSPS) is 11.0. The lowest BCUT2D eigenvalue weighted by atomic mass is 10.1. The van der Waals surface area contributed by atoms with Gasteiger partial charge in [0.05, 0.1) is 6.61 Å². The van der Waals surface area contributed by atoms with Gasteiger partial charge < -0.3 is 15.3 Å². The Bertz CT molecular complexity index is 208. The molecule has 102 valence electrons. The van der Waals surface area contributed by atoms with E-state index in [1.54, 1.807) is 0 Å². The van der Waals surface area contributed by atoms with Crippen LogP contribution in [0.5, 0.6) is 0 Å². The minimum Gasteiger partial charge on any atom is -0.395 e. The fourth-order valence-corrected chi connectivity index (χ4v) is 1.71. The Labute approximate surface area is 112 Å². The van der Waals surface area contributed by atoms with Crippen LogP contribution in [-0.2, 0) is 0 Å². The Morgan fingerprint density at radius 1 is 1.12 bits per heavy atom. The van der Waals surface area contributed by atoms with Gasteiger partial charge in [-0.3, -0.25) is 0 Å². The zero-order valence-electron chi connectivity index (χ0n) is 11.7. The summed E-state index contributed by atoms with van der Waals surface area (Å²) in [5, 5.41) is 13.1. The summed E-state index contributed by atoms with van der Waals surface area (Å²) >= 11 is 5.35. The molecule has 17 heavy (non-hydrogen) atoms. The first-order valence-electron chi connectivity index (χ1n) is 6.61. The third-order valence-corrected chi connectivity index (χ3v) is 3.03. The summed E-state index contributed by atoms with van der Waals surface area (Å²) in [5.41, 5.74) is 0. The molecule has 0 heterocycles. The molecule has 0 atom stereocenters. The predicted octanol–water partition coefficient (Wildman–Crippen LogP) is 2.25. The van der Waals surface area contributed by atoms with Crippen molar-refractivity contribution in [2.24, 2.45) is 11.8 Å². The average molecular weight is 260 g/mol. The molecule has 0 radical (unpaired) electrons. The lowest BCUT2D eigenvalue weighted by Gasteiger charge is -2.26. The molecule has 3 nitrogen and oxygen atoms in total. The SMILES string of the molecule is CC(C)CCNC(=S)N(CCO)CCC(C)C. The first kappa shape index (κ1) is 16.6. The van der Waals surface area contributed by atoms with Gasteiger partial charge in [0.25, 0.3) is 0 Å². The van der Waals surface area contributed by atoms with Crippen molar-refractivity contribution < 1.29 is 5.11 Å². The smallest absolute Gasteiger partial charge is 0.169 e. The maximum atomic E-state index is 9.04. The van der Waals surface area contributed by atoms with Gasteiger partial charge in [-0.15, -0.1) is 0 Å². The molecule has 0 aromatic carbocycles. The van der Waals surface area contributed by atoms with Gasteiger partial charge >= 0.3 is 0 Å². The van der Waals surface area contributed by atoms with Gasteiger partial charge in [-0.2, -0.15) is 0 Å². The molecule has 0 saturated heterocycles. The minimum atomic E-state index is 0.157. The lowest BCUT2D eigenvalue weighted by Crippen LogP contribution is -2.42. The van der Waals surface area contributed by atoms with Gasteiger partial charge in [0, 0.05) is 19.6 Å². The van der Waals surface area contributed by atoms with Crippen molar-refractivity contribution in [1.82, 2.24) is 10.2 Å². The molecule has 0 aliphatic heterocycles. The van der Waals surface area contributed by atoms with Crippen LogP contribution in [0.2, 0.25) is 0 Å². The fraction of sp³-hybridized carbons (Fsp3) is 0.923. The van der Waals surface area contributed by atoms with Crippen LogP contribution in [0.25, 0.3) is 0 Å². The molecule has 0 aliphatic carbocycles. The molecular weight excluding hydrogens is 232 g/mol. The highest BCUT2D eigenvalue weighted by atomic mass is 32.1. The fourth-order valence-electron chi connectivity index (χ4n) is 1.43. The Hall–Kier alpha value is -0.350. The van der Waals surface area contributed by atoms with E-state index in [2.05, 4.69) is 37.9 Å². The average Bonchev–Trinajstić information content (AvgIpc) is 2.23. The maximum absolute atomic E-state index is 9.04. The van der Waals surface area contributed by atoms with Gasteiger partial charge in [0.1, 0.15) is 0 Å². The van der Waals surface area contributed by atoms with Gasteiger partial charge in [0.2, 0.25) is 0 Å².